The molecule has 4 rings (SSSR count). The summed E-state index contributed by atoms with van der Waals surface area (Å²) in [5.74, 6) is 1.98. The maximum absolute atomic E-state index is 12.2. The van der Waals surface area contributed by atoms with Gasteiger partial charge in [-0.05, 0) is 48.9 Å². The van der Waals surface area contributed by atoms with Crippen LogP contribution in [0.15, 0.2) is 58.6 Å². The van der Waals surface area contributed by atoms with E-state index in [9.17, 15) is 4.79 Å². The van der Waals surface area contributed by atoms with E-state index in [-0.39, 0.29) is 5.56 Å². The van der Waals surface area contributed by atoms with Gasteiger partial charge in [0.15, 0.2) is 5.82 Å². The Morgan fingerprint density at radius 1 is 1.15 bits per heavy atom. The van der Waals surface area contributed by atoms with Gasteiger partial charge in [-0.2, -0.15) is 0 Å². The van der Waals surface area contributed by atoms with Crippen LogP contribution in [0.1, 0.15) is 11.3 Å². The van der Waals surface area contributed by atoms with E-state index in [0.717, 1.165) is 16.9 Å². The standard InChI is InChI=1S/C19H17N5O2S/c1-12-7-8-24-16(9-12)20-14(10-17(24)25)11-27-19-21-18(22-23-19)13-3-5-15(26-2)6-4-13/h3-10H,11H2,1-2H3,(H,21,22,23). The van der Waals surface area contributed by atoms with E-state index in [0.29, 0.717) is 28.1 Å². The average Bonchev–Trinajstić information content (AvgIpc) is 3.15. The molecule has 0 aliphatic carbocycles. The molecule has 0 fully saturated rings. The minimum Gasteiger partial charge on any atom is -0.497 e. The number of fused-ring (bicyclic) bond motifs is 1. The van der Waals surface area contributed by atoms with Crippen LogP contribution in [0.4, 0.5) is 0 Å². The Balaban J connectivity index is 1.51. The van der Waals surface area contributed by atoms with Gasteiger partial charge in [0.05, 0.1) is 12.8 Å². The SMILES string of the molecule is COc1ccc(-c2nc(SCc3cc(=O)n4ccc(C)cc4n3)n[nH]2)cc1. The van der Waals surface area contributed by atoms with Crippen LogP contribution in [0.2, 0.25) is 0 Å². The number of rotatable bonds is 5. The molecule has 0 aliphatic heterocycles. The Morgan fingerprint density at radius 2 is 1.96 bits per heavy atom. The summed E-state index contributed by atoms with van der Waals surface area (Å²) in [6, 6.07) is 12.9. The van der Waals surface area contributed by atoms with Gasteiger partial charge in [0, 0.05) is 23.6 Å². The minimum absolute atomic E-state index is 0.0930. The molecule has 0 unspecified atom stereocenters. The van der Waals surface area contributed by atoms with Crippen molar-refractivity contribution in [1.82, 2.24) is 24.6 Å². The first kappa shape index (κ1) is 17.3. The predicted octanol–water partition coefficient (Wildman–Crippen LogP) is 3.09. The van der Waals surface area contributed by atoms with Gasteiger partial charge in [-0.15, -0.1) is 5.10 Å². The number of benzene rings is 1. The second kappa shape index (κ2) is 7.24. The number of hydrogen-bond donors (Lipinski definition) is 1. The number of thioether (sulfide) groups is 1. The second-order valence-corrected chi connectivity index (χ2v) is 6.94. The van der Waals surface area contributed by atoms with Gasteiger partial charge in [-0.25, -0.2) is 9.97 Å². The number of methoxy groups -OCH3 is 1. The van der Waals surface area contributed by atoms with Crippen molar-refractivity contribution in [2.45, 2.75) is 17.8 Å². The zero-order valence-corrected chi connectivity index (χ0v) is 15.7. The van der Waals surface area contributed by atoms with Crippen LogP contribution in [0.5, 0.6) is 5.75 Å². The molecule has 1 N–H and O–H groups in total. The molecule has 0 spiro atoms. The van der Waals surface area contributed by atoms with Gasteiger partial charge in [-0.3, -0.25) is 14.3 Å². The van der Waals surface area contributed by atoms with E-state index in [4.69, 9.17) is 4.74 Å². The van der Waals surface area contributed by atoms with E-state index < -0.39 is 0 Å². The lowest BCUT2D eigenvalue weighted by Gasteiger charge is -2.03. The molecule has 1 aromatic carbocycles. The minimum atomic E-state index is -0.0930. The third-order valence-electron chi connectivity index (χ3n) is 4.05. The molecular formula is C19H17N5O2S. The van der Waals surface area contributed by atoms with Gasteiger partial charge < -0.3 is 4.74 Å². The zero-order valence-electron chi connectivity index (χ0n) is 14.8. The van der Waals surface area contributed by atoms with Crippen LogP contribution in [-0.2, 0) is 5.75 Å². The van der Waals surface area contributed by atoms with Crippen molar-refractivity contribution < 1.29 is 4.74 Å². The highest BCUT2D eigenvalue weighted by atomic mass is 32.2. The van der Waals surface area contributed by atoms with E-state index in [1.54, 1.807) is 19.4 Å². The Labute approximate surface area is 159 Å². The molecule has 0 atom stereocenters. The number of aryl methyl sites for hydroxylation is 1. The zero-order chi connectivity index (χ0) is 18.8. The summed E-state index contributed by atoms with van der Waals surface area (Å²) >= 11 is 1.43. The molecule has 0 bridgehead atoms. The first-order valence-electron chi connectivity index (χ1n) is 8.31. The fraction of sp³-hybridized carbons (Fsp3) is 0.158. The third-order valence-corrected chi connectivity index (χ3v) is 4.93. The molecule has 3 heterocycles. The summed E-state index contributed by atoms with van der Waals surface area (Å²) in [6.45, 7) is 1.97. The Bertz CT molecular complexity index is 1150. The monoisotopic (exact) mass is 379 g/mol. The van der Waals surface area contributed by atoms with Gasteiger partial charge in [0.25, 0.3) is 5.56 Å². The van der Waals surface area contributed by atoms with Crippen molar-refractivity contribution in [1.29, 1.82) is 0 Å². The number of H-pyrrole nitrogens is 1. The number of hydrogen-bond acceptors (Lipinski definition) is 6. The highest BCUT2D eigenvalue weighted by Gasteiger charge is 2.09. The quantitative estimate of drug-likeness (QED) is 0.537. The molecule has 136 valence electrons. The summed E-state index contributed by atoms with van der Waals surface area (Å²) in [5.41, 5.74) is 3.24. The predicted molar refractivity (Wildman–Crippen MR) is 104 cm³/mol. The summed E-state index contributed by atoms with van der Waals surface area (Å²) < 4.78 is 6.70. The molecule has 7 nitrogen and oxygen atoms in total. The van der Waals surface area contributed by atoms with Crippen LogP contribution in [0.25, 0.3) is 17.0 Å². The maximum Gasteiger partial charge on any atom is 0.258 e. The van der Waals surface area contributed by atoms with Crippen molar-refractivity contribution in [2.24, 2.45) is 0 Å². The normalized spacial score (nSPS) is 11.0. The molecule has 0 saturated carbocycles. The summed E-state index contributed by atoms with van der Waals surface area (Å²) in [5, 5.41) is 7.77. The van der Waals surface area contributed by atoms with E-state index >= 15 is 0 Å². The smallest absolute Gasteiger partial charge is 0.258 e. The van der Waals surface area contributed by atoms with Crippen LogP contribution in [0, 0.1) is 6.92 Å². The average molecular weight is 379 g/mol. The number of pyridine rings is 1. The molecular weight excluding hydrogens is 362 g/mol. The van der Waals surface area contributed by atoms with Gasteiger partial charge in [0.1, 0.15) is 11.4 Å². The summed E-state index contributed by atoms with van der Waals surface area (Å²) in [4.78, 5) is 21.3. The van der Waals surface area contributed by atoms with Gasteiger partial charge in [0.2, 0.25) is 5.16 Å². The Kier molecular flexibility index (Phi) is 4.64. The largest absolute Gasteiger partial charge is 0.497 e. The molecule has 0 saturated heterocycles. The number of nitrogens with one attached hydrogen (secondary N) is 1. The summed E-state index contributed by atoms with van der Waals surface area (Å²) in [7, 11) is 1.63. The first-order chi connectivity index (χ1) is 13.1. The Morgan fingerprint density at radius 3 is 2.74 bits per heavy atom. The lowest BCUT2D eigenvalue weighted by molar-refractivity contribution is 0.415. The number of nitrogens with zero attached hydrogens (tertiary/aromatic N) is 4. The summed E-state index contributed by atoms with van der Waals surface area (Å²) in [6.07, 6.45) is 1.74. The molecule has 27 heavy (non-hydrogen) atoms. The molecule has 0 aliphatic rings. The van der Waals surface area contributed by atoms with Gasteiger partial charge in [-0.1, -0.05) is 11.8 Å². The van der Waals surface area contributed by atoms with Crippen LogP contribution in [0.3, 0.4) is 0 Å². The highest BCUT2D eigenvalue weighted by Crippen LogP contribution is 2.23. The van der Waals surface area contributed by atoms with E-state index in [1.165, 1.54) is 16.2 Å². The van der Waals surface area contributed by atoms with Crippen LogP contribution < -0.4 is 10.3 Å². The molecule has 0 amide bonds. The van der Waals surface area contributed by atoms with Crippen molar-refractivity contribution in [2.75, 3.05) is 7.11 Å². The van der Waals surface area contributed by atoms with Gasteiger partial charge >= 0.3 is 0 Å². The van der Waals surface area contributed by atoms with Crippen molar-refractivity contribution in [3.8, 4) is 17.1 Å². The van der Waals surface area contributed by atoms with Crippen molar-refractivity contribution in [3.63, 3.8) is 0 Å². The molecule has 4 aromatic rings. The fourth-order valence-electron chi connectivity index (χ4n) is 2.66. The molecule has 0 radical (unpaired) electrons. The third kappa shape index (κ3) is 3.70. The second-order valence-electron chi connectivity index (χ2n) is 6.00. The van der Waals surface area contributed by atoms with Crippen molar-refractivity contribution >= 4 is 17.4 Å². The Hall–Kier alpha value is -3.13. The topological polar surface area (TPSA) is 85.2 Å². The lowest BCUT2D eigenvalue weighted by atomic mass is 10.2. The van der Waals surface area contributed by atoms with Crippen LogP contribution in [-0.4, -0.2) is 31.7 Å². The number of aromatic nitrogens is 5. The molecule has 8 heteroatoms. The van der Waals surface area contributed by atoms with E-state index in [1.807, 2.05) is 43.3 Å². The fourth-order valence-corrected chi connectivity index (χ4v) is 3.35. The highest BCUT2D eigenvalue weighted by molar-refractivity contribution is 7.98. The first-order valence-corrected chi connectivity index (χ1v) is 9.29. The number of ether oxygens (including phenoxy) is 1. The maximum atomic E-state index is 12.2. The molecule has 3 aromatic heterocycles. The van der Waals surface area contributed by atoms with E-state index in [2.05, 4.69) is 20.2 Å². The van der Waals surface area contributed by atoms with Crippen molar-refractivity contribution in [3.05, 3.63) is 70.3 Å². The number of aromatic amines is 1. The van der Waals surface area contributed by atoms with Crippen LogP contribution >= 0.6 is 11.8 Å². The lowest BCUT2D eigenvalue weighted by Crippen LogP contribution is -2.15.